The van der Waals surface area contributed by atoms with Gasteiger partial charge in [-0.3, -0.25) is 9.59 Å². The zero-order valence-corrected chi connectivity index (χ0v) is 20.0. The van der Waals surface area contributed by atoms with E-state index in [2.05, 4.69) is 31.8 Å². The van der Waals surface area contributed by atoms with E-state index in [0.29, 0.717) is 22.4 Å². The van der Waals surface area contributed by atoms with E-state index in [0.717, 1.165) is 15.2 Å². The van der Waals surface area contributed by atoms with Crippen molar-refractivity contribution in [2.24, 2.45) is 5.10 Å². The van der Waals surface area contributed by atoms with E-state index in [1.54, 1.807) is 60.7 Å². The number of fused-ring (bicyclic) bond motifs is 1. The Morgan fingerprint density at radius 2 is 1.57 bits per heavy atom. The normalized spacial score (nSPS) is 10.8. The van der Waals surface area contributed by atoms with Crippen LogP contribution in [-0.2, 0) is 4.79 Å². The number of hydrazone groups is 1. The van der Waals surface area contributed by atoms with Gasteiger partial charge in [0.15, 0.2) is 0 Å². The van der Waals surface area contributed by atoms with Crippen molar-refractivity contribution in [2.75, 3.05) is 6.54 Å². The van der Waals surface area contributed by atoms with E-state index in [1.165, 1.54) is 6.21 Å². The summed E-state index contributed by atoms with van der Waals surface area (Å²) in [6.07, 6.45) is 1.45. The summed E-state index contributed by atoms with van der Waals surface area (Å²) in [6, 6.07) is 26.5. The maximum absolute atomic E-state index is 12.5. The number of hydrogen-bond donors (Lipinski definition) is 2. The van der Waals surface area contributed by atoms with Crippen molar-refractivity contribution in [3.8, 4) is 5.75 Å². The van der Waals surface area contributed by atoms with Crippen LogP contribution >= 0.6 is 15.9 Å². The average molecular weight is 530 g/mol. The van der Waals surface area contributed by atoms with Gasteiger partial charge in [-0.2, -0.15) is 5.10 Å². The summed E-state index contributed by atoms with van der Waals surface area (Å²) in [7, 11) is 0. The van der Waals surface area contributed by atoms with E-state index in [1.807, 2.05) is 30.3 Å². The van der Waals surface area contributed by atoms with Gasteiger partial charge in [0.25, 0.3) is 11.8 Å². The van der Waals surface area contributed by atoms with Gasteiger partial charge in [0.1, 0.15) is 5.75 Å². The van der Waals surface area contributed by atoms with Crippen LogP contribution in [0.15, 0.2) is 101 Å². The third-order valence-corrected chi connectivity index (χ3v) is 5.55. The van der Waals surface area contributed by atoms with E-state index >= 15 is 0 Å². The Morgan fingerprint density at radius 1 is 0.857 bits per heavy atom. The van der Waals surface area contributed by atoms with Gasteiger partial charge < -0.3 is 10.1 Å². The second-order valence-corrected chi connectivity index (χ2v) is 8.38. The maximum atomic E-state index is 12.5. The van der Waals surface area contributed by atoms with Crippen LogP contribution in [0.2, 0.25) is 0 Å². The van der Waals surface area contributed by atoms with Crippen LogP contribution in [0.4, 0.5) is 0 Å². The molecule has 0 bridgehead atoms. The molecule has 4 aromatic carbocycles. The van der Waals surface area contributed by atoms with Gasteiger partial charge in [0.05, 0.1) is 18.3 Å². The minimum Gasteiger partial charge on any atom is -0.423 e. The molecule has 0 heterocycles. The Morgan fingerprint density at radius 3 is 2.34 bits per heavy atom. The van der Waals surface area contributed by atoms with Gasteiger partial charge in [-0.05, 0) is 70.9 Å². The van der Waals surface area contributed by atoms with E-state index in [9.17, 15) is 14.4 Å². The van der Waals surface area contributed by atoms with Gasteiger partial charge in [0, 0.05) is 10.0 Å². The number of nitrogens with zero attached hydrogens (tertiary/aromatic N) is 1. The molecular weight excluding hydrogens is 510 g/mol. The Kier molecular flexibility index (Phi) is 7.64. The number of carbonyl (C=O) groups is 3. The number of nitrogens with one attached hydrogen (secondary N) is 2. The largest absolute Gasteiger partial charge is 0.423 e. The first-order chi connectivity index (χ1) is 17.0. The molecule has 0 fully saturated rings. The molecule has 0 unspecified atom stereocenters. The predicted octanol–water partition coefficient (Wildman–Crippen LogP) is 4.70. The number of halogens is 1. The van der Waals surface area contributed by atoms with Crippen LogP contribution in [0.5, 0.6) is 5.75 Å². The fourth-order valence-corrected chi connectivity index (χ4v) is 3.54. The summed E-state index contributed by atoms with van der Waals surface area (Å²) in [5.74, 6) is -0.879. The van der Waals surface area contributed by atoms with Crippen molar-refractivity contribution in [2.45, 2.75) is 0 Å². The molecule has 0 saturated carbocycles. The van der Waals surface area contributed by atoms with E-state index < -0.39 is 11.9 Å². The minimum atomic E-state index is -0.463. The molecule has 2 amide bonds. The highest BCUT2D eigenvalue weighted by molar-refractivity contribution is 9.10. The van der Waals surface area contributed by atoms with Crippen molar-refractivity contribution < 1.29 is 19.1 Å². The molecule has 0 aliphatic carbocycles. The topological polar surface area (TPSA) is 96.9 Å². The number of esters is 1. The smallest absolute Gasteiger partial charge is 0.343 e. The van der Waals surface area contributed by atoms with Crippen LogP contribution in [0.1, 0.15) is 26.3 Å². The third kappa shape index (κ3) is 6.39. The lowest BCUT2D eigenvalue weighted by Gasteiger charge is -2.07. The molecular formula is C27H20BrN3O4. The molecule has 0 aromatic heterocycles. The van der Waals surface area contributed by atoms with Crippen molar-refractivity contribution in [3.05, 3.63) is 112 Å². The quantitative estimate of drug-likeness (QED) is 0.157. The van der Waals surface area contributed by atoms with Crippen LogP contribution in [0, 0.1) is 0 Å². The molecule has 0 radical (unpaired) electrons. The Balaban J connectivity index is 1.25. The number of carbonyl (C=O) groups excluding carboxylic acids is 3. The van der Waals surface area contributed by atoms with Crippen LogP contribution < -0.4 is 15.5 Å². The molecule has 0 aliphatic rings. The van der Waals surface area contributed by atoms with Crippen LogP contribution in [-0.4, -0.2) is 30.5 Å². The SMILES string of the molecule is O=C(CNC(=O)c1cccc2ccccc12)N/N=C\c1ccc(OC(=O)c2ccc(Br)cc2)cc1. The minimum absolute atomic E-state index is 0.218. The highest BCUT2D eigenvalue weighted by atomic mass is 79.9. The van der Waals surface area contributed by atoms with Crippen molar-refractivity contribution in [1.82, 2.24) is 10.7 Å². The average Bonchev–Trinajstić information content (AvgIpc) is 2.88. The summed E-state index contributed by atoms with van der Waals surface area (Å²) < 4.78 is 6.22. The summed E-state index contributed by atoms with van der Waals surface area (Å²) in [4.78, 5) is 36.7. The second-order valence-electron chi connectivity index (χ2n) is 7.47. The van der Waals surface area contributed by atoms with Crippen molar-refractivity contribution >= 4 is 50.7 Å². The first-order valence-electron chi connectivity index (χ1n) is 10.7. The molecule has 2 N–H and O–H groups in total. The van der Waals surface area contributed by atoms with E-state index in [4.69, 9.17) is 4.74 Å². The maximum Gasteiger partial charge on any atom is 0.343 e. The molecule has 0 saturated heterocycles. The second kappa shape index (κ2) is 11.2. The van der Waals surface area contributed by atoms with Gasteiger partial charge in [-0.1, -0.05) is 52.3 Å². The third-order valence-electron chi connectivity index (χ3n) is 5.02. The van der Waals surface area contributed by atoms with Gasteiger partial charge >= 0.3 is 5.97 Å². The summed E-state index contributed by atoms with van der Waals surface area (Å²) in [5.41, 5.74) is 4.00. The Hall–Kier alpha value is -4.30. The van der Waals surface area contributed by atoms with Gasteiger partial charge in [-0.15, -0.1) is 0 Å². The Labute approximate surface area is 209 Å². The lowest BCUT2D eigenvalue weighted by atomic mass is 10.0. The molecule has 7 nitrogen and oxygen atoms in total. The number of hydrogen-bond acceptors (Lipinski definition) is 5. The summed E-state index contributed by atoms with van der Waals surface area (Å²) in [5, 5.41) is 8.27. The first kappa shape index (κ1) is 23.8. The first-order valence-corrected chi connectivity index (χ1v) is 11.4. The molecule has 35 heavy (non-hydrogen) atoms. The molecule has 0 aliphatic heterocycles. The molecule has 174 valence electrons. The zero-order chi connectivity index (χ0) is 24.6. The van der Waals surface area contributed by atoms with Crippen molar-refractivity contribution in [1.29, 1.82) is 0 Å². The van der Waals surface area contributed by atoms with Crippen LogP contribution in [0.3, 0.4) is 0 Å². The number of ether oxygens (including phenoxy) is 1. The number of amides is 2. The lowest BCUT2D eigenvalue weighted by Crippen LogP contribution is -2.35. The zero-order valence-electron chi connectivity index (χ0n) is 18.4. The van der Waals surface area contributed by atoms with Gasteiger partial charge in [0.2, 0.25) is 0 Å². The standard InChI is InChI=1S/C27H20BrN3O4/c28-21-12-10-20(11-13-21)27(34)35-22-14-8-18(9-15-22)16-30-31-25(32)17-29-26(33)24-7-3-5-19-4-1-2-6-23(19)24/h1-16H,17H2,(H,29,33)(H,31,32)/b30-16-. The van der Waals surface area contributed by atoms with E-state index in [-0.39, 0.29) is 12.5 Å². The van der Waals surface area contributed by atoms with Crippen LogP contribution in [0.25, 0.3) is 10.8 Å². The predicted molar refractivity (Wildman–Crippen MR) is 138 cm³/mol. The monoisotopic (exact) mass is 529 g/mol. The summed E-state index contributed by atoms with van der Waals surface area (Å²) in [6.45, 7) is -0.218. The lowest BCUT2D eigenvalue weighted by molar-refractivity contribution is -0.120. The highest BCUT2D eigenvalue weighted by Crippen LogP contribution is 2.18. The highest BCUT2D eigenvalue weighted by Gasteiger charge is 2.11. The Bertz CT molecular complexity index is 1400. The number of benzene rings is 4. The number of rotatable bonds is 7. The molecule has 4 aromatic rings. The molecule has 4 rings (SSSR count). The molecule has 0 spiro atoms. The fraction of sp³-hybridized carbons (Fsp3) is 0.0370. The fourth-order valence-electron chi connectivity index (χ4n) is 3.27. The van der Waals surface area contributed by atoms with Gasteiger partial charge in [-0.25, -0.2) is 10.2 Å². The van der Waals surface area contributed by atoms with Crippen molar-refractivity contribution in [3.63, 3.8) is 0 Å². The molecule has 8 heteroatoms. The summed E-state index contributed by atoms with van der Waals surface area (Å²) >= 11 is 3.32. The molecule has 0 atom stereocenters.